The lowest BCUT2D eigenvalue weighted by Gasteiger charge is -2.49. The number of β-lactam (4-membered cyclic amide) rings is 1. The zero-order chi connectivity index (χ0) is 27.1. The fraction of sp³-hybridized carbons (Fsp3) is 0.421. The zero-order valence-corrected chi connectivity index (χ0v) is 20.4. The third-order valence-corrected chi connectivity index (χ3v) is 7.31. The SMILES string of the molecule is CO/N=C(\C(=O)N[C@@H]1C(=O)N2C(C(=O)O)=C(C=C3CCN(CC(F)(F)F)C3=O)CS[C@H]12)c1nsc(N)n1. The maximum Gasteiger partial charge on any atom is 0.406 e. The first-order valence-corrected chi connectivity index (χ1v) is 12.2. The van der Waals surface area contributed by atoms with Crippen LogP contribution in [-0.4, -0.2) is 97.2 Å². The van der Waals surface area contributed by atoms with Gasteiger partial charge in [-0.3, -0.25) is 19.3 Å². The summed E-state index contributed by atoms with van der Waals surface area (Å²) in [6.45, 7) is -1.56. The number of carbonyl (C=O) groups excluding carboxylic acids is 3. The Morgan fingerprint density at radius 3 is 2.70 bits per heavy atom. The van der Waals surface area contributed by atoms with Gasteiger partial charge in [-0.05, 0) is 18.1 Å². The van der Waals surface area contributed by atoms with Crippen molar-refractivity contribution >= 4 is 57.8 Å². The molecule has 2 atom stereocenters. The van der Waals surface area contributed by atoms with Crippen molar-refractivity contribution in [1.82, 2.24) is 24.5 Å². The number of nitrogens with zero attached hydrogens (tertiary/aromatic N) is 5. The fourth-order valence-electron chi connectivity index (χ4n) is 3.95. The molecule has 3 aliphatic rings. The number of likely N-dealkylation sites (tertiary alicyclic amines) is 1. The Kier molecular flexibility index (Phi) is 7.13. The highest BCUT2D eigenvalue weighted by Crippen LogP contribution is 2.41. The van der Waals surface area contributed by atoms with E-state index < -0.39 is 53.5 Å². The second kappa shape index (κ2) is 10.0. The predicted octanol–water partition coefficient (Wildman–Crippen LogP) is -0.0696. The minimum atomic E-state index is -4.57. The molecule has 0 aromatic carbocycles. The summed E-state index contributed by atoms with van der Waals surface area (Å²) < 4.78 is 42.0. The number of rotatable bonds is 7. The molecule has 13 nitrogen and oxygen atoms in total. The Labute approximate surface area is 214 Å². The molecule has 4 heterocycles. The Balaban J connectivity index is 1.53. The maximum atomic E-state index is 12.9. The summed E-state index contributed by atoms with van der Waals surface area (Å²) in [5.74, 6) is -3.99. The number of fused-ring (bicyclic) bond motifs is 1. The molecule has 0 bridgehead atoms. The Hall–Kier alpha value is -3.67. The van der Waals surface area contributed by atoms with Crippen LogP contribution in [0.5, 0.6) is 0 Å². The van der Waals surface area contributed by atoms with E-state index in [0.29, 0.717) is 4.90 Å². The van der Waals surface area contributed by atoms with Crippen molar-refractivity contribution < 1.29 is 42.3 Å². The highest BCUT2D eigenvalue weighted by atomic mass is 32.2. The summed E-state index contributed by atoms with van der Waals surface area (Å²) in [7, 11) is 1.19. The molecular weight excluding hydrogens is 543 g/mol. The second-order valence-electron chi connectivity index (χ2n) is 7.88. The van der Waals surface area contributed by atoms with E-state index in [1.165, 1.54) is 13.2 Å². The number of hydrogen-bond donors (Lipinski definition) is 3. The van der Waals surface area contributed by atoms with E-state index in [4.69, 9.17) is 5.73 Å². The first-order chi connectivity index (χ1) is 17.4. The van der Waals surface area contributed by atoms with Crippen molar-refractivity contribution in [1.29, 1.82) is 0 Å². The van der Waals surface area contributed by atoms with Gasteiger partial charge in [-0.25, -0.2) is 4.79 Å². The van der Waals surface area contributed by atoms with Gasteiger partial charge in [0.15, 0.2) is 5.13 Å². The smallest absolute Gasteiger partial charge is 0.406 e. The highest BCUT2D eigenvalue weighted by molar-refractivity contribution is 8.00. The van der Waals surface area contributed by atoms with Gasteiger partial charge in [-0.15, -0.1) is 11.8 Å². The van der Waals surface area contributed by atoms with E-state index in [9.17, 15) is 37.5 Å². The minimum Gasteiger partial charge on any atom is -0.477 e. The van der Waals surface area contributed by atoms with E-state index in [-0.39, 0.29) is 46.5 Å². The molecule has 0 radical (unpaired) electrons. The van der Waals surface area contributed by atoms with Crippen LogP contribution in [0.3, 0.4) is 0 Å². The number of thioether (sulfide) groups is 1. The number of nitrogens with two attached hydrogens (primary N) is 1. The van der Waals surface area contributed by atoms with Crippen LogP contribution in [0.2, 0.25) is 0 Å². The molecule has 1 aromatic rings. The van der Waals surface area contributed by atoms with Crippen LogP contribution in [0.15, 0.2) is 28.1 Å². The number of amides is 3. The molecule has 4 rings (SSSR count). The van der Waals surface area contributed by atoms with Crippen LogP contribution < -0.4 is 11.1 Å². The van der Waals surface area contributed by atoms with Gasteiger partial charge in [-0.2, -0.15) is 22.5 Å². The molecule has 37 heavy (non-hydrogen) atoms. The molecule has 0 unspecified atom stereocenters. The van der Waals surface area contributed by atoms with Crippen molar-refractivity contribution in [2.24, 2.45) is 5.16 Å². The summed E-state index contributed by atoms with van der Waals surface area (Å²) in [5, 5.41) is 15.1. The molecule has 3 aliphatic heterocycles. The molecule has 3 amide bonds. The lowest BCUT2D eigenvalue weighted by Crippen LogP contribution is -2.71. The van der Waals surface area contributed by atoms with Crippen LogP contribution in [0.4, 0.5) is 18.3 Å². The van der Waals surface area contributed by atoms with Gasteiger partial charge in [0.2, 0.25) is 17.4 Å². The number of hydrogen-bond acceptors (Lipinski definition) is 11. The Morgan fingerprint density at radius 1 is 1.38 bits per heavy atom. The minimum absolute atomic E-state index is 0.00279. The molecule has 0 aliphatic carbocycles. The Bertz CT molecular complexity index is 1260. The van der Waals surface area contributed by atoms with E-state index in [2.05, 4.69) is 24.7 Å². The van der Waals surface area contributed by atoms with Gasteiger partial charge in [0, 0.05) is 29.4 Å². The summed E-state index contributed by atoms with van der Waals surface area (Å²) in [6, 6.07) is -1.12. The monoisotopic (exact) mass is 561 g/mol. The topological polar surface area (TPSA) is 180 Å². The van der Waals surface area contributed by atoms with Crippen molar-refractivity contribution in [2.45, 2.75) is 24.0 Å². The van der Waals surface area contributed by atoms with Crippen LogP contribution in [0.25, 0.3) is 0 Å². The van der Waals surface area contributed by atoms with Gasteiger partial charge < -0.3 is 25.9 Å². The number of aromatic nitrogens is 2. The van der Waals surface area contributed by atoms with Crippen molar-refractivity contribution in [2.75, 3.05) is 31.7 Å². The number of carboxylic acids is 1. The summed E-state index contributed by atoms with van der Waals surface area (Å²) in [5.41, 5.74) is 4.91. The molecule has 198 valence electrons. The lowest BCUT2D eigenvalue weighted by atomic mass is 10.0. The lowest BCUT2D eigenvalue weighted by molar-refractivity contribution is -0.156. The quantitative estimate of drug-likeness (QED) is 0.176. The van der Waals surface area contributed by atoms with Crippen molar-refractivity contribution in [3.63, 3.8) is 0 Å². The summed E-state index contributed by atoms with van der Waals surface area (Å²) >= 11 is 1.93. The number of nitrogens with one attached hydrogen (secondary N) is 1. The van der Waals surface area contributed by atoms with Crippen LogP contribution >= 0.6 is 23.3 Å². The standard InChI is InChI=1S/C19H18F3N7O6S2/c1-35-26-9(12-25-18(23)37-27-12)13(30)24-10-15(32)29-11(17(33)34)8(5-36-16(10)29)4-7-2-3-28(14(7)31)6-19(20,21)22/h4,10,16H,2-3,5-6H2,1H3,(H,24,30)(H,33,34)(H2,23,25,27)/b7-4?,26-9-/t10-,16-/m1/s1. The van der Waals surface area contributed by atoms with Gasteiger partial charge in [-0.1, -0.05) is 5.16 Å². The van der Waals surface area contributed by atoms with Crippen LogP contribution in [0.1, 0.15) is 12.2 Å². The number of allylic oxidation sites excluding steroid dienone is 1. The van der Waals surface area contributed by atoms with E-state index in [1.807, 2.05) is 0 Å². The number of anilines is 1. The van der Waals surface area contributed by atoms with E-state index in [0.717, 1.165) is 28.2 Å². The number of halogens is 3. The number of carboxylic acid groups (broad SMARTS) is 1. The van der Waals surface area contributed by atoms with Crippen molar-refractivity contribution in [3.8, 4) is 0 Å². The molecule has 18 heteroatoms. The summed E-state index contributed by atoms with van der Waals surface area (Å²) in [6.07, 6.45) is -3.33. The van der Waals surface area contributed by atoms with Gasteiger partial charge in [0.1, 0.15) is 30.8 Å². The first kappa shape index (κ1) is 26.4. The second-order valence-corrected chi connectivity index (χ2v) is 9.77. The zero-order valence-electron chi connectivity index (χ0n) is 18.8. The Morgan fingerprint density at radius 2 is 2.11 bits per heavy atom. The third kappa shape index (κ3) is 5.24. The molecule has 2 fully saturated rings. The fourth-order valence-corrected chi connectivity index (χ4v) is 5.69. The summed E-state index contributed by atoms with van der Waals surface area (Å²) in [4.78, 5) is 60.2. The van der Waals surface area contributed by atoms with E-state index >= 15 is 0 Å². The number of oxime groups is 1. The number of alkyl halides is 3. The van der Waals surface area contributed by atoms with Crippen LogP contribution in [0, 0.1) is 0 Å². The number of nitrogen functional groups attached to an aromatic ring is 1. The van der Waals surface area contributed by atoms with E-state index in [1.54, 1.807) is 0 Å². The molecule has 1 aromatic heterocycles. The highest BCUT2D eigenvalue weighted by Gasteiger charge is 2.54. The van der Waals surface area contributed by atoms with Gasteiger partial charge >= 0.3 is 12.1 Å². The first-order valence-electron chi connectivity index (χ1n) is 10.4. The average Bonchev–Trinajstić information content (AvgIpc) is 3.39. The molecular formula is C19H18F3N7O6S2. The predicted molar refractivity (Wildman–Crippen MR) is 123 cm³/mol. The molecule has 0 saturated carbocycles. The number of aliphatic carboxylic acids is 1. The van der Waals surface area contributed by atoms with Crippen molar-refractivity contribution in [3.05, 3.63) is 28.7 Å². The third-order valence-electron chi connectivity index (χ3n) is 5.47. The van der Waals surface area contributed by atoms with Gasteiger partial charge in [0.25, 0.3) is 11.8 Å². The molecule has 0 spiro atoms. The van der Waals surface area contributed by atoms with Gasteiger partial charge in [0.05, 0.1) is 0 Å². The number of carbonyl (C=O) groups is 4. The molecule has 2 saturated heterocycles. The van der Waals surface area contributed by atoms with Crippen LogP contribution in [-0.2, 0) is 24.0 Å². The maximum absolute atomic E-state index is 12.9. The largest absolute Gasteiger partial charge is 0.477 e. The average molecular weight is 562 g/mol. The normalized spacial score (nSPS) is 23.4. The molecule has 4 N–H and O–H groups in total.